The summed E-state index contributed by atoms with van der Waals surface area (Å²) >= 11 is 0. The van der Waals surface area contributed by atoms with Gasteiger partial charge >= 0.3 is 0 Å². The fourth-order valence-corrected chi connectivity index (χ4v) is 0.442. The summed E-state index contributed by atoms with van der Waals surface area (Å²) < 4.78 is 0. The minimum absolute atomic E-state index is 0. The van der Waals surface area contributed by atoms with Gasteiger partial charge in [0.2, 0.25) is 0 Å². The van der Waals surface area contributed by atoms with E-state index in [4.69, 9.17) is 0 Å². The summed E-state index contributed by atoms with van der Waals surface area (Å²) in [4.78, 5) is 0. The van der Waals surface area contributed by atoms with Gasteiger partial charge in [0.15, 0.2) is 0 Å². The maximum Gasteiger partial charge on any atom is 0.00977 e. The lowest BCUT2D eigenvalue weighted by Gasteiger charge is -1.67. The molecule has 0 bridgehead atoms. The zero-order valence-electron chi connectivity index (χ0n) is 3.83. The molecule has 0 saturated heterocycles. The van der Waals surface area contributed by atoms with Crippen LogP contribution in [0.1, 0.15) is 19.3 Å². The predicted octanol–water partition coefficient (Wildman–Crippen LogP) is 1.34. The second kappa shape index (κ2) is 2.74. The molecule has 34 valence electrons. The van der Waals surface area contributed by atoms with Crippen LogP contribution in [0.15, 0.2) is 0 Å². The van der Waals surface area contributed by atoms with Crippen molar-refractivity contribution in [2.24, 2.45) is 0 Å². The molecule has 0 atom stereocenters. The van der Waals surface area contributed by atoms with E-state index in [0.29, 0.717) is 0 Å². The highest BCUT2D eigenvalue weighted by molar-refractivity contribution is 5.04. The van der Waals surface area contributed by atoms with Gasteiger partial charge in [-0.1, -0.05) is 0 Å². The second-order valence-electron chi connectivity index (χ2n) is 1.21. The van der Waals surface area contributed by atoms with Crippen molar-refractivity contribution in [1.29, 1.82) is 0 Å². The molecule has 0 saturated carbocycles. The Labute approximate surface area is 38.3 Å². The first-order valence-electron chi connectivity index (χ1n) is 1.96. The highest BCUT2D eigenvalue weighted by Crippen LogP contribution is 1.97. The van der Waals surface area contributed by atoms with E-state index in [9.17, 15) is 0 Å². The molecule has 1 rings (SSSR count). The van der Waals surface area contributed by atoms with Crippen LogP contribution in [0, 0.1) is 11.8 Å². The molecule has 0 fully saturated rings. The summed E-state index contributed by atoms with van der Waals surface area (Å²) in [6.07, 6.45) is 3.56. The van der Waals surface area contributed by atoms with Gasteiger partial charge in [-0.25, -0.2) is 0 Å². The van der Waals surface area contributed by atoms with Gasteiger partial charge in [-0.3, -0.25) is 0 Å². The summed E-state index contributed by atoms with van der Waals surface area (Å²) in [6, 6.07) is 0. The van der Waals surface area contributed by atoms with Gasteiger partial charge < -0.3 is 6.15 Å². The average molecular weight is 83.1 g/mol. The molecular weight excluding hydrogens is 74.1 g/mol. The zero-order valence-corrected chi connectivity index (χ0v) is 3.83. The summed E-state index contributed by atoms with van der Waals surface area (Å²) in [6.45, 7) is 0. The topological polar surface area (TPSA) is 35.0 Å². The van der Waals surface area contributed by atoms with E-state index >= 15 is 0 Å². The fourth-order valence-electron chi connectivity index (χ4n) is 0.442. The molecule has 0 spiro atoms. The summed E-state index contributed by atoms with van der Waals surface area (Å²) in [7, 11) is 0. The molecule has 1 nitrogen and oxygen atoms in total. The van der Waals surface area contributed by atoms with Crippen LogP contribution in [0.2, 0.25) is 0 Å². The Kier molecular flexibility index (Phi) is 2.52. The Balaban J connectivity index is 0.000000250. The Hall–Kier alpha value is -0.480. The van der Waals surface area contributed by atoms with Crippen LogP contribution in [0.5, 0.6) is 0 Å². The van der Waals surface area contributed by atoms with Gasteiger partial charge in [0.25, 0.3) is 0 Å². The smallest absolute Gasteiger partial charge is 0.00977 e. The lowest BCUT2D eigenvalue weighted by atomic mass is 10.4. The molecule has 0 aliphatic heterocycles. The quantitative estimate of drug-likeness (QED) is 0.440. The zero-order chi connectivity index (χ0) is 3.54. The van der Waals surface area contributed by atoms with E-state index in [1.807, 2.05) is 0 Å². The largest absolute Gasteiger partial charge is 0.344 e. The Morgan fingerprint density at radius 3 is 1.67 bits per heavy atom. The van der Waals surface area contributed by atoms with Crippen molar-refractivity contribution in [3.63, 3.8) is 0 Å². The van der Waals surface area contributed by atoms with E-state index in [1.54, 1.807) is 0 Å². The van der Waals surface area contributed by atoms with Crippen LogP contribution in [0.25, 0.3) is 0 Å². The maximum atomic E-state index is 2.97. The van der Waals surface area contributed by atoms with Gasteiger partial charge in [-0.05, 0) is 6.42 Å². The number of rotatable bonds is 0. The lowest BCUT2D eigenvalue weighted by Crippen LogP contribution is -1.53. The first kappa shape index (κ1) is 5.52. The van der Waals surface area contributed by atoms with E-state index in [-0.39, 0.29) is 6.15 Å². The lowest BCUT2D eigenvalue weighted by molar-refractivity contribution is 0.940. The molecule has 0 amide bonds. The third-order valence-electron chi connectivity index (χ3n) is 0.729. The summed E-state index contributed by atoms with van der Waals surface area (Å²) in [5.41, 5.74) is 0. The molecule has 6 heavy (non-hydrogen) atoms. The predicted molar refractivity (Wildman–Crippen MR) is 26.6 cm³/mol. The SMILES string of the molecule is C1#CCCC1.N. The van der Waals surface area contributed by atoms with E-state index in [0.717, 1.165) is 12.8 Å². The average Bonchev–Trinajstić information content (AvgIpc) is 1.76. The second-order valence-corrected chi connectivity index (χ2v) is 1.21. The minimum Gasteiger partial charge on any atom is -0.344 e. The first-order chi connectivity index (χ1) is 2.50. The summed E-state index contributed by atoms with van der Waals surface area (Å²) in [5.74, 6) is 5.94. The van der Waals surface area contributed by atoms with Gasteiger partial charge in [-0.2, -0.15) is 0 Å². The molecule has 0 unspecified atom stereocenters. The van der Waals surface area contributed by atoms with E-state index in [1.165, 1.54) is 6.42 Å². The van der Waals surface area contributed by atoms with Crippen molar-refractivity contribution in [3.8, 4) is 11.8 Å². The third-order valence-corrected chi connectivity index (χ3v) is 0.729. The van der Waals surface area contributed by atoms with Gasteiger partial charge in [0.1, 0.15) is 0 Å². The monoisotopic (exact) mass is 83.1 g/mol. The van der Waals surface area contributed by atoms with Gasteiger partial charge in [0, 0.05) is 12.8 Å². The normalized spacial score (nSPS) is 14.7. The highest BCUT2D eigenvalue weighted by Gasteiger charge is 1.83. The molecular formula is C5H9N. The van der Waals surface area contributed by atoms with Crippen molar-refractivity contribution >= 4 is 0 Å². The fraction of sp³-hybridized carbons (Fsp3) is 0.600. The molecule has 0 aromatic carbocycles. The number of hydrogen-bond acceptors (Lipinski definition) is 1. The van der Waals surface area contributed by atoms with Crippen LogP contribution >= 0.6 is 0 Å². The minimum atomic E-state index is 0. The molecule has 0 aromatic heterocycles. The first-order valence-corrected chi connectivity index (χ1v) is 1.96. The summed E-state index contributed by atoms with van der Waals surface area (Å²) in [5, 5.41) is 0. The molecule has 1 aliphatic rings. The standard InChI is InChI=1S/C5H6.H3N/c1-2-4-5-3-1;/h1-3H2;1H3. The van der Waals surface area contributed by atoms with Crippen LogP contribution in [0.3, 0.4) is 0 Å². The third kappa shape index (κ3) is 1.09. The highest BCUT2D eigenvalue weighted by atomic mass is 14.0. The molecule has 0 radical (unpaired) electrons. The Morgan fingerprint density at radius 1 is 1.00 bits per heavy atom. The van der Waals surface area contributed by atoms with Crippen LogP contribution < -0.4 is 6.15 Å². The van der Waals surface area contributed by atoms with Crippen molar-refractivity contribution in [3.05, 3.63) is 0 Å². The van der Waals surface area contributed by atoms with Crippen molar-refractivity contribution in [2.45, 2.75) is 19.3 Å². The van der Waals surface area contributed by atoms with E-state index < -0.39 is 0 Å². The van der Waals surface area contributed by atoms with Gasteiger partial charge in [-0.15, -0.1) is 11.8 Å². The molecule has 1 heteroatoms. The van der Waals surface area contributed by atoms with Crippen LogP contribution in [0.4, 0.5) is 0 Å². The van der Waals surface area contributed by atoms with Crippen molar-refractivity contribution in [1.82, 2.24) is 6.15 Å². The van der Waals surface area contributed by atoms with E-state index in [2.05, 4.69) is 11.8 Å². The molecule has 1 aliphatic carbocycles. The number of hydrogen-bond donors (Lipinski definition) is 1. The van der Waals surface area contributed by atoms with Crippen LogP contribution in [-0.4, -0.2) is 0 Å². The van der Waals surface area contributed by atoms with Crippen molar-refractivity contribution in [2.75, 3.05) is 0 Å². The molecule has 0 aromatic rings. The van der Waals surface area contributed by atoms with Gasteiger partial charge in [0.05, 0.1) is 0 Å². The Bertz CT molecular complexity index is 67.7. The maximum absolute atomic E-state index is 2.97. The van der Waals surface area contributed by atoms with Crippen LogP contribution in [-0.2, 0) is 0 Å². The molecule has 3 N–H and O–H groups in total. The van der Waals surface area contributed by atoms with Crippen molar-refractivity contribution < 1.29 is 0 Å². The molecule has 0 heterocycles. The Morgan fingerprint density at radius 2 is 1.50 bits per heavy atom.